The van der Waals surface area contributed by atoms with Crippen molar-refractivity contribution in [3.8, 4) is 0 Å². The van der Waals surface area contributed by atoms with E-state index in [4.69, 9.17) is 16.5 Å². The smallest absolute Gasteiger partial charge is 0.0521 e. The first-order valence-electron chi connectivity index (χ1n) is 12.8. The van der Waals surface area contributed by atoms with E-state index in [0.29, 0.717) is 17.8 Å². The third-order valence-electron chi connectivity index (χ3n) is 9.29. The first kappa shape index (κ1) is 24.3. The van der Waals surface area contributed by atoms with E-state index in [1.807, 2.05) is 6.20 Å². The molecule has 2 aromatic heterocycles. The van der Waals surface area contributed by atoms with Crippen molar-refractivity contribution < 1.29 is 0 Å². The van der Waals surface area contributed by atoms with Gasteiger partial charge in [-0.05, 0) is 58.8 Å². The monoisotopic (exact) mass is 448 g/mol. The highest BCUT2D eigenvalue weighted by Gasteiger charge is 2.56. The molecular formula is C29H44N4. The predicted molar refractivity (Wildman–Crippen MR) is 137 cm³/mol. The highest BCUT2D eigenvalue weighted by molar-refractivity contribution is 5.43. The average molecular weight is 449 g/mol. The third kappa shape index (κ3) is 3.31. The Morgan fingerprint density at radius 2 is 1.70 bits per heavy atom. The number of aromatic nitrogens is 2. The van der Waals surface area contributed by atoms with Crippen LogP contribution in [-0.2, 0) is 30.1 Å². The van der Waals surface area contributed by atoms with Crippen molar-refractivity contribution in [3.63, 3.8) is 0 Å². The molecule has 0 saturated carbocycles. The summed E-state index contributed by atoms with van der Waals surface area (Å²) in [5, 5.41) is 0. The molecule has 33 heavy (non-hydrogen) atoms. The van der Waals surface area contributed by atoms with Gasteiger partial charge >= 0.3 is 0 Å². The maximum Gasteiger partial charge on any atom is 0.0521 e. The summed E-state index contributed by atoms with van der Waals surface area (Å²) in [6, 6.07) is 6.90. The lowest BCUT2D eigenvalue weighted by Crippen LogP contribution is -2.55. The van der Waals surface area contributed by atoms with Gasteiger partial charge in [0.1, 0.15) is 0 Å². The molecule has 4 N–H and O–H groups in total. The molecule has 4 heteroatoms. The highest BCUT2D eigenvalue weighted by atomic mass is 14.9. The molecule has 2 aromatic rings. The zero-order valence-corrected chi connectivity index (χ0v) is 21.9. The number of nitrogens with zero attached hydrogens (tertiary/aromatic N) is 2. The molecule has 2 aliphatic rings. The number of fused-ring (bicyclic) bond motifs is 2. The lowest BCUT2D eigenvalue weighted by atomic mass is 9.57. The predicted octanol–water partition coefficient (Wildman–Crippen LogP) is 4.96. The van der Waals surface area contributed by atoms with E-state index in [-0.39, 0.29) is 28.3 Å². The van der Waals surface area contributed by atoms with Gasteiger partial charge in [0.05, 0.1) is 5.69 Å². The zero-order chi connectivity index (χ0) is 24.3. The zero-order valence-electron chi connectivity index (χ0n) is 21.9. The summed E-state index contributed by atoms with van der Waals surface area (Å²) in [5.74, 6) is 1.24. The molecule has 5 atom stereocenters. The Morgan fingerprint density at radius 3 is 2.30 bits per heavy atom. The van der Waals surface area contributed by atoms with Crippen molar-refractivity contribution >= 4 is 0 Å². The van der Waals surface area contributed by atoms with Gasteiger partial charge in [-0.3, -0.25) is 9.97 Å². The maximum atomic E-state index is 6.87. The van der Waals surface area contributed by atoms with Crippen LogP contribution in [0.5, 0.6) is 0 Å². The van der Waals surface area contributed by atoms with Gasteiger partial charge in [0, 0.05) is 47.4 Å². The second-order valence-corrected chi connectivity index (χ2v) is 12.4. The summed E-state index contributed by atoms with van der Waals surface area (Å²) >= 11 is 0. The van der Waals surface area contributed by atoms with Gasteiger partial charge in [-0.2, -0.15) is 0 Å². The van der Waals surface area contributed by atoms with E-state index in [1.165, 1.54) is 28.1 Å². The van der Waals surface area contributed by atoms with Crippen LogP contribution in [0.2, 0.25) is 0 Å². The van der Waals surface area contributed by atoms with Gasteiger partial charge < -0.3 is 11.5 Å². The largest absolute Gasteiger partial charge is 0.327 e. The standard InChI is InChI=1S/C29H44N4/c1-17(2)28(22-10-9-11-32-23(22)15-24(28)30)19(5)12-20-13-21-14-25(31)29(18(3)4,27(6,7)8)26(21)33-16-20/h9-11,13,16-19,24-25H,12,14-15,30-31H2,1-8H3/t19?,24-,25-,28?,29?/m1/s1. The molecule has 2 aliphatic carbocycles. The number of hydrogen-bond donors (Lipinski definition) is 2. The molecule has 3 unspecified atom stereocenters. The topological polar surface area (TPSA) is 77.8 Å². The highest BCUT2D eigenvalue weighted by Crippen LogP contribution is 2.54. The van der Waals surface area contributed by atoms with E-state index in [0.717, 1.165) is 19.3 Å². The number of pyridine rings is 2. The second-order valence-electron chi connectivity index (χ2n) is 12.4. The second kappa shape index (κ2) is 8.16. The molecule has 0 aliphatic heterocycles. The van der Waals surface area contributed by atoms with Crippen LogP contribution in [0.3, 0.4) is 0 Å². The van der Waals surface area contributed by atoms with E-state index >= 15 is 0 Å². The van der Waals surface area contributed by atoms with Gasteiger partial charge in [-0.25, -0.2) is 0 Å². The quantitative estimate of drug-likeness (QED) is 0.678. The molecule has 0 amide bonds. The normalized spacial score (nSPS) is 30.1. The summed E-state index contributed by atoms with van der Waals surface area (Å²) in [6.45, 7) is 18.6. The minimum absolute atomic E-state index is 0.0443. The van der Waals surface area contributed by atoms with Crippen LogP contribution in [0.4, 0.5) is 0 Å². The Labute approximate surface area is 201 Å². The molecule has 4 rings (SSSR count). The van der Waals surface area contributed by atoms with Crippen molar-refractivity contribution in [2.24, 2.45) is 34.6 Å². The average Bonchev–Trinajstić information content (AvgIpc) is 3.18. The van der Waals surface area contributed by atoms with Gasteiger partial charge in [-0.15, -0.1) is 0 Å². The van der Waals surface area contributed by atoms with Crippen LogP contribution < -0.4 is 11.5 Å². The molecule has 4 nitrogen and oxygen atoms in total. The van der Waals surface area contributed by atoms with Crippen molar-refractivity contribution in [2.45, 2.75) is 97.6 Å². The first-order valence-corrected chi connectivity index (χ1v) is 12.8. The Balaban J connectivity index is 1.72. The van der Waals surface area contributed by atoms with Crippen LogP contribution in [0.25, 0.3) is 0 Å². The van der Waals surface area contributed by atoms with Crippen molar-refractivity contribution in [1.29, 1.82) is 0 Å². The molecule has 180 valence electrons. The Morgan fingerprint density at radius 1 is 1.00 bits per heavy atom. The molecule has 0 aromatic carbocycles. The number of hydrogen-bond acceptors (Lipinski definition) is 4. The molecule has 0 bridgehead atoms. The van der Waals surface area contributed by atoms with Crippen LogP contribution in [0.15, 0.2) is 30.6 Å². The van der Waals surface area contributed by atoms with Crippen LogP contribution >= 0.6 is 0 Å². The molecule has 0 radical (unpaired) electrons. The van der Waals surface area contributed by atoms with Gasteiger partial charge in [0.25, 0.3) is 0 Å². The lowest BCUT2D eigenvalue weighted by molar-refractivity contribution is 0.0983. The summed E-state index contributed by atoms with van der Waals surface area (Å²) in [5.41, 5.74) is 20.0. The van der Waals surface area contributed by atoms with Crippen LogP contribution in [-0.4, -0.2) is 22.1 Å². The number of rotatable bonds is 5. The molecule has 0 fully saturated rings. The lowest BCUT2D eigenvalue weighted by Gasteiger charge is -2.48. The van der Waals surface area contributed by atoms with E-state index < -0.39 is 0 Å². The van der Waals surface area contributed by atoms with Gasteiger partial charge in [-0.1, -0.05) is 67.5 Å². The Hall–Kier alpha value is -1.78. The van der Waals surface area contributed by atoms with Crippen molar-refractivity contribution in [3.05, 3.63) is 58.7 Å². The molecule has 0 spiro atoms. The van der Waals surface area contributed by atoms with E-state index in [2.05, 4.69) is 84.8 Å². The van der Waals surface area contributed by atoms with E-state index in [1.54, 1.807) is 0 Å². The minimum atomic E-state index is -0.107. The Bertz CT molecular complexity index is 1020. The first-order chi connectivity index (χ1) is 15.4. The summed E-state index contributed by atoms with van der Waals surface area (Å²) in [6.07, 6.45) is 6.74. The minimum Gasteiger partial charge on any atom is -0.327 e. The maximum absolute atomic E-state index is 6.87. The Kier molecular flexibility index (Phi) is 6.02. The van der Waals surface area contributed by atoms with Crippen LogP contribution in [0.1, 0.15) is 83.5 Å². The fraction of sp³-hybridized carbons (Fsp3) is 0.655. The SMILES string of the molecule is CC(C)C1(C(C)Cc2cnc3c(c2)C[C@@H](N)C3(C(C)C)C(C)(C)C)c2cccnc2C[C@H]1N. The fourth-order valence-corrected chi connectivity index (χ4v) is 8.29. The molecular weight excluding hydrogens is 404 g/mol. The summed E-state index contributed by atoms with van der Waals surface area (Å²) in [7, 11) is 0. The fourth-order valence-electron chi connectivity index (χ4n) is 8.29. The number of nitrogens with two attached hydrogens (primary N) is 2. The van der Waals surface area contributed by atoms with Gasteiger partial charge in [0.2, 0.25) is 0 Å². The van der Waals surface area contributed by atoms with Gasteiger partial charge in [0.15, 0.2) is 0 Å². The van der Waals surface area contributed by atoms with Crippen molar-refractivity contribution in [2.75, 3.05) is 0 Å². The van der Waals surface area contributed by atoms with E-state index in [9.17, 15) is 0 Å². The third-order valence-corrected chi connectivity index (χ3v) is 9.29. The summed E-state index contributed by atoms with van der Waals surface area (Å²) < 4.78 is 0. The van der Waals surface area contributed by atoms with Crippen LogP contribution in [0, 0.1) is 23.2 Å². The van der Waals surface area contributed by atoms with Crippen molar-refractivity contribution in [1.82, 2.24) is 9.97 Å². The molecule has 2 heterocycles. The summed E-state index contributed by atoms with van der Waals surface area (Å²) in [4.78, 5) is 9.82. The molecule has 0 saturated heterocycles.